The molecule has 1 aliphatic heterocycles. The first-order valence-corrected chi connectivity index (χ1v) is 4.73. The van der Waals surface area contributed by atoms with Crippen LogP contribution in [0.25, 0.3) is 0 Å². The Kier molecular flexibility index (Phi) is 3.50. The molecule has 1 saturated heterocycles. The molecule has 72 valence electrons. The first kappa shape index (κ1) is 9.96. The van der Waals surface area contributed by atoms with Crippen LogP contribution in [0.1, 0.15) is 20.3 Å². The Hall–Kier alpha value is -0.120. The third-order valence-electron chi connectivity index (χ3n) is 2.68. The molecule has 0 aromatic carbocycles. The lowest BCUT2D eigenvalue weighted by Crippen LogP contribution is -2.43. The van der Waals surface area contributed by atoms with Crippen molar-refractivity contribution in [1.29, 1.82) is 0 Å². The van der Waals surface area contributed by atoms with Gasteiger partial charge in [-0.05, 0) is 33.9 Å². The van der Waals surface area contributed by atoms with E-state index >= 15 is 0 Å². The van der Waals surface area contributed by atoms with Crippen molar-refractivity contribution in [3.63, 3.8) is 0 Å². The topological polar surface area (TPSA) is 35.5 Å². The van der Waals surface area contributed by atoms with Crippen LogP contribution < -0.4 is 5.32 Å². The molecule has 1 aliphatic rings. The summed E-state index contributed by atoms with van der Waals surface area (Å²) in [7, 11) is 2.09. The lowest BCUT2D eigenvalue weighted by Gasteiger charge is -2.26. The normalized spacial score (nSPS) is 30.5. The highest BCUT2D eigenvalue weighted by Crippen LogP contribution is 2.08. The molecule has 2 atom stereocenters. The second kappa shape index (κ2) is 4.21. The van der Waals surface area contributed by atoms with Crippen LogP contribution in [0.3, 0.4) is 0 Å². The zero-order valence-corrected chi connectivity index (χ0v) is 8.25. The van der Waals surface area contributed by atoms with Gasteiger partial charge >= 0.3 is 0 Å². The predicted octanol–water partition coefficient (Wildman–Crippen LogP) is 0.0494. The van der Waals surface area contributed by atoms with Gasteiger partial charge in [0.05, 0.1) is 6.10 Å². The Balaban J connectivity index is 2.30. The minimum atomic E-state index is -0.147. The van der Waals surface area contributed by atoms with Gasteiger partial charge in [0.2, 0.25) is 0 Å². The third-order valence-corrected chi connectivity index (χ3v) is 2.68. The highest BCUT2D eigenvalue weighted by atomic mass is 16.3. The third kappa shape index (κ3) is 2.44. The van der Waals surface area contributed by atoms with E-state index < -0.39 is 0 Å². The van der Waals surface area contributed by atoms with Crippen LogP contribution in [0.5, 0.6) is 0 Å². The fourth-order valence-corrected chi connectivity index (χ4v) is 1.46. The van der Waals surface area contributed by atoms with Gasteiger partial charge in [-0.1, -0.05) is 0 Å². The fourth-order valence-electron chi connectivity index (χ4n) is 1.46. The van der Waals surface area contributed by atoms with Gasteiger partial charge in [0, 0.05) is 18.6 Å². The van der Waals surface area contributed by atoms with Gasteiger partial charge in [-0.3, -0.25) is 0 Å². The highest BCUT2D eigenvalue weighted by Gasteiger charge is 2.25. The van der Waals surface area contributed by atoms with Crippen LogP contribution >= 0.6 is 0 Å². The highest BCUT2D eigenvalue weighted by molar-refractivity contribution is 4.85. The van der Waals surface area contributed by atoms with Crippen LogP contribution in [0.15, 0.2) is 0 Å². The summed E-state index contributed by atoms with van der Waals surface area (Å²) in [5, 5.41) is 12.8. The Morgan fingerprint density at radius 1 is 1.58 bits per heavy atom. The number of hydrogen-bond donors (Lipinski definition) is 2. The summed E-state index contributed by atoms with van der Waals surface area (Å²) in [4.78, 5) is 2.26. The van der Waals surface area contributed by atoms with Crippen LogP contribution in [0, 0.1) is 0 Å². The van der Waals surface area contributed by atoms with E-state index in [0.29, 0.717) is 6.04 Å². The molecule has 3 heteroatoms. The van der Waals surface area contributed by atoms with Gasteiger partial charge in [0.15, 0.2) is 0 Å². The molecule has 2 N–H and O–H groups in total. The van der Waals surface area contributed by atoms with Gasteiger partial charge in [0.25, 0.3) is 0 Å². The van der Waals surface area contributed by atoms with E-state index in [1.54, 1.807) is 0 Å². The summed E-state index contributed by atoms with van der Waals surface area (Å²) < 4.78 is 0. The molecule has 0 aromatic heterocycles. The molecule has 0 radical (unpaired) electrons. The monoisotopic (exact) mass is 172 g/mol. The van der Waals surface area contributed by atoms with Gasteiger partial charge in [-0.2, -0.15) is 0 Å². The summed E-state index contributed by atoms with van der Waals surface area (Å²) in [5.41, 5.74) is 0. The Morgan fingerprint density at radius 2 is 2.25 bits per heavy atom. The van der Waals surface area contributed by atoms with E-state index in [2.05, 4.69) is 31.1 Å². The lowest BCUT2D eigenvalue weighted by molar-refractivity contribution is 0.130. The number of nitrogens with zero attached hydrogens (tertiary/aromatic N) is 1. The van der Waals surface area contributed by atoms with Crippen LogP contribution in [-0.2, 0) is 0 Å². The summed E-state index contributed by atoms with van der Waals surface area (Å²) >= 11 is 0. The van der Waals surface area contributed by atoms with Crippen molar-refractivity contribution < 1.29 is 5.11 Å². The van der Waals surface area contributed by atoms with Gasteiger partial charge < -0.3 is 15.3 Å². The van der Waals surface area contributed by atoms with Crippen LogP contribution in [0.4, 0.5) is 0 Å². The van der Waals surface area contributed by atoms with E-state index in [0.717, 1.165) is 19.5 Å². The van der Waals surface area contributed by atoms with E-state index in [4.69, 9.17) is 0 Å². The number of rotatable bonds is 3. The first-order chi connectivity index (χ1) is 5.61. The minimum absolute atomic E-state index is 0.147. The second-order valence-corrected chi connectivity index (χ2v) is 3.95. The van der Waals surface area contributed by atoms with E-state index in [-0.39, 0.29) is 12.1 Å². The van der Waals surface area contributed by atoms with Crippen LogP contribution in [-0.4, -0.2) is 48.3 Å². The van der Waals surface area contributed by atoms with Crippen molar-refractivity contribution in [2.45, 2.75) is 38.5 Å². The summed E-state index contributed by atoms with van der Waals surface area (Å²) in [6.07, 6.45) is 0.752. The molecule has 1 heterocycles. The second-order valence-electron chi connectivity index (χ2n) is 3.95. The zero-order valence-electron chi connectivity index (χ0n) is 8.25. The summed E-state index contributed by atoms with van der Waals surface area (Å²) in [6, 6.07) is 0.831. The molecule has 3 nitrogen and oxygen atoms in total. The zero-order chi connectivity index (χ0) is 9.14. The van der Waals surface area contributed by atoms with Gasteiger partial charge in [-0.15, -0.1) is 0 Å². The standard InChI is InChI=1S/C9H20N2O/c1-7(2)11(3)6-8-9(12)4-5-10-8/h7-10,12H,4-6H2,1-3H3. The first-order valence-electron chi connectivity index (χ1n) is 4.73. The molecule has 1 fully saturated rings. The predicted molar refractivity (Wildman–Crippen MR) is 50.2 cm³/mol. The molecule has 2 unspecified atom stereocenters. The average molecular weight is 172 g/mol. The minimum Gasteiger partial charge on any atom is -0.391 e. The largest absolute Gasteiger partial charge is 0.391 e. The fraction of sp³-hybridized carbons (Fsp3) is 1.00. The Labute approximate surface area is 74.8 Å². The van der Waals surface area contributed by atoms with Gasteiger partial charge in [-0.25, -0.2) is 0 Å². The maximum atomic E-state index is 9.53. The molecular formula is C9H20N2O. The van der Waals surface area contributed by atoms with E-state index in [9.17, 15) is 5.11 Å². The molecule has 0 aliphatic carbocycles. The SMILES string of the molecule is CC(C)N(C)CC1NCCC1O. The maximum absolute atomic E-state index is 9.53. The van der Waals surface area contributed by atoms with E-state index in [1.165, 1.54) is 0 Å². The van der Waals surface area contributed by atoms with E-state index in [1.807, 2.05) is 0 Å². The number of hydrogen-bond acceptors (Lipinski definition) is 3. The number of aliphatic hydroxyl groups is 1. The van der Waals surface area contributed by atoms with Crippen molar-refractivity contribution in [2.75, 3.05) is 20.1 Å². The molecule has 12 heavy (non-hydrogen) atoms. The van der Waals surface area contributed by atoms with Gasteiger partial charge in [0.1, 0.15) is 0 Å². The molecular weight excluding hydrogens is 152 g/mol. The quantitative estimate of drug-likeness (QED) is 0.631. The Bertz CT molecular complexity index is 138. The smallest absolute Gasteiger partial charge is 0.0717 e. The van der Waals surface area contributed by atoms with Crippen molar-refractivity contribution in [2.24, 2.45) is 0 Å². The average Bonchev–Trinajstić information content (AvgIpc) is 2.36. The molecule has 0 spiro atoms. The number of likely N-dealkylation sites (N-methyl/N-ethyl adjacent to an activating group) is 1. The van der Waals surface area contributed by atoms with Crippen LogP contribution in [0.2, 0.25) is 0 Å². The Morgan fingerprint density at radius 3 is 2.67 bits per heavy atom. The number of nitrogens with one attached hydrogen (secondary N) is 1. The maximum Gasteiger partial charge on any atom is 0.0717 e. The summed E-state index contributed by atoms with van der Waals surface area (Å²) in [6.45, 7) is 6.24. The summed E-state index contributed by atoms with van der Waals surface area (Å²) in [5.74, 6) is 0. The van der Waals surface area contributed by atoms with Crippen molar-refractivity contribution in [1.82, 2.24) is 10.2 Å². The molecule has 0 aromatic rings. The molecule has 0 amide bonds. The van der Waals surface area contributed by atoms with Crippen molar-refractivity contribution in [3.05, 3.63) is 0 Å². The van der Waals surface area contributed by atoms with Crippen molar-refractivity contribution in [3.8, 4) is 0 Å². The molecule has 0 bridgehead atoms. The number of aliphatic hydroxyl groups excluding tert-OH is 1. The van der Waals surface area contributed by atoms with Crippen molar-refractivity contribution >= 4 is 0 Å². The molecule has 1 rings (SSSR count). The molecule has 0 saturated carbocycles. The lowest BCUT2D eigenvalue weighted by atomic mass is 10.1.